The quantitative estimate of drug-likeness (QED) is 0.737. The minimum absolute atomic E-state index is 0.145. The summed E-state index contributed by atoms with van der Waals surface area (Å²) in [5.41, 5.74) is 1.08. The zero-order chi connectivity index (χ0) is 20.1. The van der Waals surface area contributed by atoms with Gasteiger partial charge in [0.2, 0.25) is 15.9 Å². The van der Waals surface area contributed by atoms with Crippen LogP contribution in [0.15, 0.2) is 29.2 Å². The van der Waals surface area contributed by atoms with Gasteiger partial charge in [0.15, 0.2) is 0 Å². The Balaban J connectivity index is 1.80. The number of ether oxygens (including phenoxy) is 1. The van der Waals surface area contributed by atoms with Crippen molar-refractivity contribution < 1.29 is 17.9 Å². The normalized spacial score (nSPS) is 20.9. The largest absolute Gasteiger partial charge is 0.377 e. The summed E-state index contributed by atoms with van der Waals surface area (Å²) >= 11 is 0. The fourth-order valence-corrected chi connectivity index (χ4v) is 5.02. The molecule has 0 spiro atoms. The molecule has 1 aromatic carbocycles. The zero-order valence-corrected chi connectivity index (χ0v) is 17.6. The van der Waals surface area contributed by atoms with Gasteiger partial charge in [0, 0.05) is 39.3 Å². The predicted molar refractivity (Wildman–Crippen MR) is 108 cm³/mol. The first-order valence-corrected chi connectivity index (χ1v) is 11.5. The highest BCUT2D eigenvalue weighted by Crippen LogP contribution is 2.22. The molecule has 3 rings (SSSR count). The van der Waals surface area contributed by atoms with Crippen molar-refractivity contribution in [3.05, 3.63) is 29.8 Å². The molecule has 0 aliphatic carbocycles. The number of nitrogens with one attached hydrogen (secondary N) is 1. The van der Waals surface area contributed by atoms with E-state index >= 15 is 0 Å². The van der Waals surface area contributed by atoms with E-state index in [-0.39, 0.29) is 30.0 Å². The van der Waals surface area contributed by atoms with Gasteiger partial charge in [0.05, 0.1) is 17.5 Å². The van der Waals surface area contributed by atoms with Crippen LogP contribution in [-0.4, -0.2) is 75.5 Å². The Morgan fingerprint density at radius 1 is 1.25 bits per heavy atom. The molecular weight excluding hydrogens is 378 g/mol. The second kappa shape index (κ2) is 9.35. The van der Waals surface area contributed by atoms with E-state index in [1.54, 1.807) is 17.0 Å². The summed E-state index contributed by atoms with van der Waals surface area (Å²) in [6, 6.07) is 6.98. The molecule has 28 heavy (non-hydrogen) atoms. The highest BCUT2D eigenvalue weighted by Gasteiger charge is 2.32. The molecule has 0 aromatic heterocycles. The predicted octanol–water partition coefficient (Wildman–Crippen LogP) is 1.41. The lowest BCUT2D eigenvalue weighted by Gasteiger charge is -2.31. The van der Waals surface area contributed by atoms with Crippen molar-refractivity contribution in [2.24, 2.45) is 0 Å². The lowest BCUT2D eigenvalue weighted by molar-refractivity contribution is -0.132. The number of rotatable bonds is 7. The van der Waals surface area contributed by atoms with Gasteiger partial charge in [-0.15, -0.1) is 0 Å². The van der Waals surface area contributed by atoms with E-state index in [4.69, 9.17) is 4.74 Å². The number of nitrogens with zero attached hydrogens (tertiary/aromatic N) is 2. The summed E-state index contributed by atoms with van der Waals surface area (Å²) in [4.78, 5) is 14.7. The van der Waals surface area contributed by atoms with Crippen molar-refractivity contribution in [3.8, 4) is 0 Å². The van der Waals surface area contributed by atoms with Gasteiger partial charge in [-0.05, 0) is 36.5 Å². The maximum Gasteiger partial charge on any atom is 0.243 e. The van der Waals surface area contributed by atoms with E-state index < -0.39 is 10.0 Å². The van der Waals surface area contributed by atoms with Gasteiger partial charge in [0.1, 0.15) is 0 Å². The third kappa shape index (κ3) is 5.11. The summed E-state index contributed by atoms with van der Waals surface area (Å²) in [5.74, 6) is 0.177. The minimum atomic E-state index is -3.77. The standard InChI is InChI=1S/C20H31N3O4S/c1-16(2)17-5-7-19(8-6-17)28(25,26)23(14-18-4-3-13-27-18)15-20(24)22-11-9-21-10-12-22/h5-8,16,18,21H,3-4,9-15H2,1-2H3/t18-/m0/s1. The average molecular weight is 410 g/mol. The van der Waals surface area contributed by atoms with Crippen LogP contribution in [0.4, 0.5) is 0 Å². The molecule has 2 aliphatic heterocycles. The van der Waals surface area contributed by atoms with Gasteiger partial charge in [-0.2, -0.15) is 4.31 Å². The summed E-state index contributed by atoms with van der Waals surface area (Å²) in [5, 5.41) is 3.21. The topological polar surface area (TPSA) is 79.0 Å². The first-order chi connectivity index (χ1) is 13.4. The number of benzene rings is 1. The number of amides is 1. The lowest BCUT2D eigenvalue weighted by atomic mass is 10.0. The van der Waals surface area contributed by atoms with Crippen LogP contribution in [0.1, 0.15) is 38.2 Å². The molecular formula is C20H31N3O4S. The highest BCUT2D eigenvalue weighted by molar-refractivity contribution is 7.89. The summed E-state index contributed by atoms with van der Waals surface area (Å²) in [6.07, 6.45) is 1.59. The van der Waals surface area contributed by atoms with E-state index in [0.717, 1.165) is 31.5 Å². The number of carbonyl (C=O) groups is 1. The Labute approximate surface area is 168 Å². The molecule has 1 amide bonds. The van der Waals surface area contributed by atoms with Gasteiger partial charge in [-0.25, -0.2) is 8.42 Å². The van der Waals surface area contributed by atoms with E-state index in [0.29, 0.717) is 25.6 Å². The molecule has 156 valence electrons. The Morgan fingerprint density at radius 3 is 2.50 bits per heavy atom. The van der Waals surface area contributed by atoms with Gasteiger partial charge < -0.3 is 15.0 Å². The molecule has 1 aromatic rings. The van der Waals surface area contributed by atoms with E-state index in [1.165, 1.54) is 4.31 Å². The number of sulfonamides is 1. The van der Waals surface area contributed by atoms with Crippen molar-refractivity contribution >= 4 is 15.9 Å². The van der Waals surface area contributed by atoms with Crippen LogP contribution < -0.4 is 5.32 Å². The maximum atomic E-state index is 13.3. The summed E-state index contributed by atoms with van der Waals surface area (Å²) < 4.78 is 33.6. The molecule has 8 heteroatoms. The molecule has 2 saturated heterocycles. The SMILES string of the molecule is CC(C)c1ccc(S(=O)(=O)N(CC(=O)N2CCNCC2)C[C@@H]2CCCO2)cc1. The lowest BCUT2D eigenvalue weighted by Crippen LogP contribution is -2.51. The van der Waals surface area contributed by atoms with Gasteiger partial charge in [-0.3, -0.25) is 4.79 Å². The van der Waals surface area contributed by atoms with Crippen molar-refractivity contribution in [2.75, 3.05) is 45.9 Å². The molecule has 2 heterocycles. The van der Waals surface area contributed by atoms with Gasteiger partial charge >= 0.3 is 0 Å². The van der Waals surface area contributed by atoms with E-state index in [1.807, 2.05) is 12.1 Å². The fourth-order valence-electron chi connectivity index (χ4n) is 3.60. The van der Waals surface area contributed by atoms with Gasteiger partial charge in [-0.1, -0.05) is 26.0 Å². The molecule has 1 N–H and O–H groups in total. The van der Waals surface area contributed by atoms with E-state index in [2.05, 4.69) is 19.2 Å². The Hall–Kier alpha value is -1.48. The third-order valence-electron chi connectivity index (χ3n) is 5.40. The molecule has 7 nitrogen and oxygen atoms in total. The number of piperazine rings is 1. The number of hydrogen-bond donors (Lipinski definition) is 1. The van der Waals surface area contributed by atoms with Gasteiger partial charge in [0.25, 0.3) is 0 Å². The van der Waals surface area contributed by atoms with Crippen LogP contribution in [0, 0.1) is 0 Å². The average Bonchev–Trinajstić information content (AvgIpc) is 3.21. The fraction of sp³-hybridized carbons (Fsp3) is 0.650. The Bertz CT molecular complexity index is 752. The smallest absolute Gasteiger partial charge is 0.243 e. The molecule has 1 atom stereocenters. The van der Waals surface area contributed by atoms with E-state index in [9.17, 15) is 13.2 Å². The number of hydrogen-bond acceptors (Lipinski definition) is 5. The van der Waals surface area contributed by atoms with Crippen molar-refractivity contribution in [1.29, 1.82) is 0 Å². The van der Waals surface area contributed by atoms with Crippen molar-refractivity contribution in [1.82, 2.24) is 14.5 Å². The molecule has 0 saturated carbocycles. The van der Waals surface area contributed by atoms with Crippen LogP contribution >= 0.6 is 0 Å². The van der Waals surface area contributed by atoms with Crippen LogP contribution in [0.5, 0.6) is 0 Å². The monoisotopic (exact) mass is 409 g/mol. The number of carbonyl (C=O) groups excluding carboxylic acids is 1. The minimum Gasteiger partial charge on any atom is -0.377 e. The highest BCUT2D eigenvalue weighted by atomic mass is 32.2. The van der Waals surface area contributed by atoms with Crippen LogP contribution in [0.25, 0.3) is 0 Å². The van der Waals surface area contributed by atoms with Crippen molar-refractivity contribution in [2.45, 2.75) is 43.6 Å². The summed E-state index contributed by atoms with van der Waals surface area (Å²) in [7, 11) is -3.77. The molecule has 2 fully saturated rings. The van der Waals surface area contributed by atoms with Crippen LogP contribution in [-0.2, 0) is 19.6 Å². The Morgan fingerprint density at radius 2 is 1.93 bits per heavy atom. The van der Waals surface area contributed by atoms with Crippen molar-refractivity contribution in [3.63, 3.8) is 0 Å². The first-order valence-electron chi connectivity index (χ1n) is 10.1. The molecule has 0 unspecified atom stereocenters. The zero-order valence-electron chi connectivity index (χ0n) is 16.8. The summed E-state index contributed by atoms with van der Waals surface area (Å²) in [6.45, 7) is 7.54. The molecule has 0 bridgehead atoms. The second-order valence-corrected chi connectivity index (χ2v) is 9.73. The third-order valence-corrected chi connectivity index (χ3v) is 7.22. The maximum absolute atomic E-state index is 13.3. The Kier molecular flexibility index (Phi) is 7.09. The molecule has 0 radical (unpaired) electrons. The van der Waals surface area contributed by atoms with Crippen LogP contribution in [0.3, 0.4) is 0 Å². The second-order valence-electron chi connectivity index (χ2n) is 7.79. The first kappa shape index (κ1) is 21.2. The van der Waals surface area contributed by atoms with Crippen LogP contribution in [0.2, 0.25) is 0 Å². The molecule has 2 aliphatic rings.